The van der Waals surface area contributed by atoms with Crippen LogP contribution in [0.25, 0.3) is 6.08 Å². The van der Waals surface area contributed by atoms with Crippen LogP contribution in [0.4, 0.5) is 0 Å². The summed E-state index contributed by atoms with van der Waals surface area (Å²) in [7, 11) is 16.8. The third-order valence-electron chi connectivity index (χ3n) is 13.0. The standard InChI is InChI=1S/C14H13.C10H11O.C9H11O2.C9H11O.C9H17O.C9H11O.C9H11.C6H13.8W/c1-12-7-5-6-10-14(12)11-13-8-3-2-4-9-13;1-3-5-9-6-4-7-10(8-9)11-2;1-3-11-9-6-4-5-8(7-9)10-2;1-3-8-5-4-6-9(7-8)10-2;2*1-3-8-6-4-5-7-9(8)10-2;1-3-9-7-5-4-6-8(9)2;1-3-5-6-4-2;;;;;;;;/h2-8,10H,11H2,1H3;3-8H,2H2,1H3;4-7H,2-3H2,1H3;4-7H,2-3H2,1H3;8-9H,2-7H2,1H3;4-7H,2-3H2,1H3;4-7H,2-3H2,1H3;1,3-6H2,2H3;;;;;;;;/q8*-1;;;;;;;;/b;5-3+;;;;;;;;;;;;;;. The molecule has 1 aliphatic rings. The van der Waals surface area contributed by atoms with Gasteiger partial charge in [0.1, 0.15) is 5.75 Å². The smallest absolute Gasteiger partial charge is 0.122 e. The van der Waals surface area contributed by atoms with Crippen LogP contribution in [-0.2, 0) is 199 Å². The first kappa shape index (κ1) is 104. The second-order valence-electron chi connectivity index (χ2n) is 18.9. The minimum atomic E-state index is 0. The first-order valence-corrected chi connectivity index (χ1v) is 28.9. The van der Waals surface area contributed by atoms with Crippen LogP contribution in [0.2, 0.25) is 0 Å². The van der Waals surface area contributed by atoms with Crippen molar-refractivity contribution in [3.8, 4) is 28.7 Å². The second-order valence-corrected chi connectivity index (χ2v) is 18.9. The Morgan fingerprint density at radius 2 is 1.04 bits per heavy atom. The van der Waals surface area contributed by atoms with E-state index >= 15 is 0 Å². The van der Waals surface area contributed by atoms with Crippen LogP contribution in [0.1, 0.15) is 151 Å². The Kier molecular flexibility index (Phi) is 82.6. The molecule has 0 radical (unpaired) electrons. The molecule has 0 bridgehead atoms. The van der Waals surface area contributed by atoms with Crippen LogP contribution in [-0.4, -0.2) is 12.7 Å². The van der Waals surface area contributed by atoms with Crippen molar-refractivity contribution in [1.82, 2.24) is 0 Å². The van der Waals surface area contributed by atoms with Crippen LogP contribution in [0, 0.1) is 68.3 Å². The average molecular weight is 2570 g/mol. The maximum Gasteiger partial charge on any atom is 0.122 e. The summed E-state index contributed by atoms with van der Waals surface area (Å²) in [5.74, 6) is 4.82. The van der Waals surface area contributed by atoms with Gasteiger partial charge < -0.3 is 35.3 Å². The summed E-state index contributed by atoms with van der Waals surface area (Å²) in [6, 6.07) is 59.1. The van der Waals surface area contributed by atoms with Gasteiger partial charge in [-0.05, 0) is 129 Å². The summed E-state index contributed by atoms with van der Waals surface area (Å²) in [5, 5.41) is 0. The number of aryl methyl sites for hydroxylation is 4. The molecule has 2 atom stereocenters. The third kappa shape index (κ3) is 49.8. The molecule has 0 heterocycles. The molecule has 490 valence electrons. The third-order valence-corrected chi connectivity index (χ3v) is 13.0. The fraction of sp³-hybridized carbons (Fsp3) is 0.320. The summed E-state index contributed by atoms with van der Waals surface area (Å²) < 4.78 is 29.7. The van der Waals surface area contributed by atoms with Crippen LogP contribution in [0.5, 0.6) is 28.7 Å². The fourth-order valence-corrected chi connectivity index (χ4v) is 8.26. The molecule has 2 unspecified atom stereocenters. The maximum absolute atomic E-state index is 5.24. The zero-order valence-electron chi connectivity index (χ0n) is 54.0. The van der Waals surface area contributed by atoms with Gasteiger partial charge in [-0.1, -0.05) is 171 Å². The quantitative estimate of drug-likeness (QED) is 0.0669. The summed E-state index contributed by atoms with van der Waals surface area (Å²) >= 11 is 0. The van der Waals surface area contributed by atoms with Gasteiger partial charge in [-0.2, -0.15) is 89.3 Å². The number of hydrogen-bond acceptors (Lipinski definition) is 6. The van der Waals surface area contributed by atoms with E-state index in [9.17, 15) is 0 Å². The van der Waals surface area contributed by atoms with Crippen molar-refractivity contribution in [2.24, 2.45) is 5.92 Å². The van der Waals surface area contributed by atoms with E-state index in [-0.39, 0.29) is 169 Å². The number of allylic oxidation sites excluding steroid dienone is 1. The van der Waals surface area contributed by atoms with Gasteiger partial charge in [-0.3, -0.25) is 0 Å². The molecule has 1 aliphatic carbocycles. The van der Waals surface area contributed by atoms with Gasteiger partial charge in [0, 0.05) is 181 Å². The van der Waals surface area contributed by atoms with Gasteiger partial charge >= 0.3 is 0 Å². The number of hydrogen-bond donors (Lipinski definition) is 0. The number of ether oxygens (including phenoxy) is 6. The topological polar surface area (TPSA) is 55.4 Å². The monoisotopic (exact) mass is 2570 g/mol. The van der Waals surface area contributed by atoms with E-state index in [4.69, 9.17) is 28.4 Å². The van der Waals surface area contributed by atoms with Crippen molar-refractivity contribution >= 4 is 6.08 Å². The molecule has 1 fully saturated rings. The minimum absolute atomic E-state index is 0. The molecule has 14 heteroatoms. The number of unbranched alkanes of at least 4 members (excludes halogenated alkanes) is 3. The van der Waals surface area contributed by atoms with Crippen LogP contribution in [0.15, 0.2) is 176 Å². The van der Waals surface area contributed by atoms with Crippen molar-refractivity contribution in [3.63, 3.8) is 0 Å². The number of benzene rings is 7. The van der Waals surface area contributed by atoms with Crippen LogP contribution < -0.4 is 23.7 Å². The molecular weight excluding hydrogens is 2470 g/mol. The maximum atomic E-state index is 5.24. The van der Waals surface area contributed by atoms with Crippen molar-refractivity contribution in [2.75, 3.05) is 6.61 Å². The van der Waals surface area contributed by atoms with E-state index < -0.39 is 0 Å². The number of para-hydroxylation sites is 1. The Morgan fingerprint density at radius 3 is 1.51 bits per heavy atom. The van der Waals surface area contributed by atoms with Crippen molar-refractivity contribution in [1.29, 1.82) is 0 Å². The Labute approximate surface area is 657 Å². The molecule has 7 aromatic rings. The minimum Gasteiger partial charge on any atom is -0.665 e. The predicted octanol–water partition coefficient (Wildman–Crippen LogP) is 20.9. The van der Waals surface area contributed by atoms with E-state index in [2.05, 4.69) is 146 Å². The molecule has 0 aromatic heterocycles. The summed E-state index contributed by atoms with van der Waals surface area (Å²) in [5.41, 5.74) is 10.1. The van der Waals surface area contributed by atoms with Gasteiger partial charge in [0.05, 0.1) is 29.6 Å². The molecule has 7 aromatic carbocycles. The average Bonchev–Trinajstić information content (AvgIpc) is 3.53. The SMILES string of the molecule is Cc1ccccc1Cc1[c-]cccc1.[CH2-]CCCCC.[CH2-]OC1CCCCC1CC.[CH2-]Oc1cccc(/C=C/C)c1.[CH2-]Oc1cccc(CC)c1.[CH2-]Oc1cccc(OCC)c1.[CH2-]Oc1ccccc1CC.[CH2-]c1ccccc1CC.[W].[W].[W].[W].[W].[W].[W].[W]. The van der Waals surface area contributed by atoms with E-state index in [1.54, 1.807) is 6.07 Å². The normalized spacial score (nSPS) is 11.5. The van der Waals surface area contributed by atoms with Crippen LogP contribution in [0.3, 0.4) is 0 Å². The Balaban J connectivity index is -0.000000140. The molecule has 0 saturated heterocycles. The molecule has 0 amide bonds. The largest absolute Gasteiger partial charge is 0.665 e. The predicted molar refractivity (Wildman–Crippen MR) is 346 cm³/mol. The number of rotatable bonds is 17. The Hall–Kier alpha value is -1.38. The van der Waals surface area contributed by atoms with Crippen LogP contribution >= 0.6 is 0 Å². The summed E-state index contributed by atoms with van der Waals surface area (Å²) in [6.07, 6.45) is 20.2. The molecule has 0 spiro atoms. The zero-order chi connectivity index (χ0) is 59.7. The van der Waals surface area contributed by atoms with E-state index in [1.165, 1.54) is 84.7 Å². The molecule has 0 aliphatic heterocycles. The summed E-state index contributed by atoms with van der Waals surface area (Å²) in [4.78, 5) is 0. The molecule has 6 nitrogen and oxygen atoms in total. The van der Waals surface area contributed by atoms with Gasteiger partial charge in [0.2, 0.25) is 0 Å². The first-order valence-electron chi connectivity index (χ1n) is 28.9. The zero-order valence-corrected chi connectivity index (χ0v) is 77.5. The molecule has 8 rings (SSSR count). The van der Waals surface area contributed by atoms with Gasteiger partial charge in [-0.15, -0.1) is 17.7 Å². The van der Waals surface area contributed by atoms with E-state index in [0.29, 0.717) is 12.7 Å². The first-order chi connectivity index (χ1) is 39.5. The van der Waals surface area contributed by atoms with Gasteiger partial charge in [-0.25, -0.2) is 7.11 Å². The van der Waals surface area contributed by atoms with E-state index in [0.717, 1.165) is 77.9 Å². The second kappa shape index (κ2) is 70.9. The molecule has 1 saturated carbocycles. The van der Waals surface area contributed by atoms with E-state index in [1.807, 2.05) is 141 Å². The van der Waals surface area contributed by atoms with Crippen molar-refractivity contribution in [3.05, 3.63) is 276 Å². The Bertz CT molecular complexity index is 2580. The Morgan fingerprint density at radius 1 is 0.517 bits per heavy atom. The van der Waals surface area contributed by atoms with Gasteiger partial charge in [0.15, 0.2) is 0 Å². The van der Waals surface area contributed by atoms with Crippen molar-refractivity contribution in [2.45, 2.75) is 145 Å². The molecule has 89 heavy (non-hydrogen) atoms. The van der Waals surface area contributed by atoms with Crippen molar-refractivity contribution < 1.29 is 197 Å². The molecular formula is C75H98O6W8-8. The fourth-order valence-electron chi connectivity index (χ4n) is 8.26. The summed E-state index contributed by atoms with van der Waals surface area (Å²) in [6.45, 7) is 25.2. The van der Waals surface area contributed by atoms with Gasteiger partial charge in [0.25, 0.3) is 0 Å². The molecule has 0 N–H and O–H groups in total.